The lowest BCUT2D eigenvalue weighted by Crippen LogP contribution is -2.30. The molecule has 0 aliphatic carbocycles. The molecule has 1 aliphatic rings. The highest BCUT2D eigenvalue weighted by atomic mass is 16.3. The lowest BCUT2D eigenvalue weighted by Gasteiger charge is -2.19. The highest BCUT2D eigenvalue weighted by Crippen LogP contribution is 2.24. The lowest BCUT2D eigenvalue weighted by molar-refractivity contribution is 0.0838. The molecule has 2 N–H and O–H groups in total. The maximum atomic E-state index is 11.7. The van der Waals surface area contributed by atoms with Gasteiger partial charge in [0, 0.05) is 25.8 Å². The normalized spacial score (nSPS) is 22.6. The van der Waals surface area contributed by atoms with Crippen LogP contribution in [0.1, 0.15) is 37.0 Å². The minimum Gasteiger partial charge on any atom is -0.388 e. The first-order valence-electron chi connectivity index (χ1n) is 6.73. The van der Waals surface area contributed by atoms with Gasteiger partial charge in [-0.1, -0.05) is 6.92 Å². The fourth-order valence-corrected chi connectivity index (χ4v) is 2.19. The summed E-state index contributed by atoms with van der Waals surface area (Å²) in [6.45, 7) is 5.90. The van der Waals surface area contributed by atoms with E-state index < -0.39 is 5.60 Å². The first-order valence-corrected chi connectivity index (χ1v) is 6.73. The molecule has 1 aromatic heterocycles. The summed E-state index contributed by atoms with van der Waals surface area (Å²) in [6, 6.07) is 3.61. The Hall–Kier alpha value is -1.62. The van der Waals surface area contributed by atoms with Crippen molar-refractivity contribution in [1.29, 1.82) is 0 Å². The molecule has 5 nitrogen and oxygen atoms in total. The van der Waals surface area contributed by atoms with Crippen LogP contribution in [0.3, 0.4) is 0 Å². The Labute approximate surface area is 113 Å². The topological polar surface area (TPSA) is 65.5 Å². The fourth-order valence-electron chi connectivity index (χ4n) is 2.19. The fraction of sp³-hybridized carbons (Fsp3) is 0.571. The van der Waals surface area contributed by atoms with Crippen molar-refractivity contribution in [3.05, 3.63) is 23.9 Å². The van der Waals surface area contributed by atoms with E-state index >= 15 is 0 Å². The standard InChI is InChI=1S/C14H21N3O2/c1-3-7-15-13(18)11-4-5-12(16-9-11)17-8-6-14(2,19)10-17/h4-5,9,19H,3,6-8,10H2,1-2H3,(H,15,18). The van der Waals surface area contributed by atoms with Crippen LogP contribution in [0, 0.1) is 0 Å². The molecular formula is C14H21N3O2. The Balaban J connectivity index is 2.01. The first kappa shape index (κ1) is 13.8. The van der Waals surface area contributed by atoms with Crippen molar-refractivity contribution in [2.75, 3.05) is 24.5 Å². The number of β-amino-alcohol motifs (C(OH)–C–C–N with tert-alkyl or cyclic N) is 1. The van der Waals surface area contributed by atoms with Gasteiger partial charge < -0.3 is 15.3 Å². The molecule has 1 fully saturated rings. The molecule has 1 saturated heterocycles. The number of rotatable bonds is 4. The Kier molecular flexibility index (Phi) is 4.04. The van der Waals surface area contributed by atoms with Gasteiger partial charge in [0.05, 0.1) is 11.2 Å². The molecule has 0 radical (unpaired) electrons. The second-order valence-electron chi connectivity index (χ2n) is 5.33. The number of nitrogens with zero attached hydrogens (tertiary/aromatic N) is 2. The van der Waals surface area contributed by atoms with Crippen LogP contribution in [0.2, 0.25) is 0 Å². The van der Waals surface area contributed by atoms with Crippen molar-refractivity contribution in [2.45, 2.75) is 32.3 Å². The first-order chi connectivity index (χ1) is 9.02. The van der Waals surface area contributed by atoms with Crippen molar-refractivity contribution >= 4 is 11.7 Å². The predicted molar refractivity (Wildman–Crippen MR) is 74.3 cm³/mol. The SMILES string of the molecule is CCCNC(=O)c1ccc(N2CCC(C)(O)C2)nc1. The zero-order valence-corrected chi connectivity index (χ0v) is 11.5. The number of hydrogen-bond acceptors (Lipinski definition) is 4. The second kappa shape index (κ2) is 5.57. The van der Waals surface area contributed by atoms with Gasteiger partial charge in [-0.2, -0.15) is 0 Å². The Morgan fingerprint density at radius 1 is 1.58 bits per heavy atom. The molecule has 2 heterocycles. The van der Waals surface area contributed by atoms with Gasteiger partial charge in [-0.3, -0.25) is 4.79 Å². The van der Waals surface area contributed by atoms with Crippen molar-refractivity contribution in [2.24, 2.45) is 0 Å². The van der Waals surface area contributed by atoms with Crippen LogP contribution in [-0.4, -0.2) is 41.2 Å². The van der Waals surface area contributed by atoms with Crippen LogP contribution in [0.4, 0.5) is 5.82 Å². The third-order valence-corrected chi connectivity index (χ3v) is 3.32. The maximum Gasteiger partial charge on any atom is 0.252 e. The third-order valence-electron chi connectivity index (χ3n) is 3.32. The van der Waals surface area contributed by atoms with Crippen molar-refractivity contribution < 1.29 is 9.90 Å². The average molecular weight is 263 g/mol. The summed E-state index contributed by atoms with van der Waals surface area (Å²) in [5.74, 6) is 0.721. The predicted octanol–water partition coefficient (Wildman–Crippen LogP) is 1.18. The van der Waals surface area contributed by atoms with Crippen LogP contribution < -0.4 is 10.2 Å². The van der Waals surface area contributed by atoms with Crippen LogP contribution >= 0.6 is 0 Å². The van der Waals surface area contributed by atoms with Crippen LogP contribution in [0.5, 0.6) is 0 Å². The summed E-state index contributed by atoms with van der Waals surface area (Å²) in [5, 5.41) is 12.8. The quantitative estimate of drug-likeness (QED) is 0.856. The highest BCUT2D eigenvalue weighted by Gasteiger charge is 2.31. The number of pyridine rings is 1. The Morgan fingerprint density at radius 3 is 2.89 bits per heavy atom. The number of amides is 1. The van der Waals surface area contributed by atoms with E-state index in [1.165, 1.54) is 0 Å². The molecule has 1 aliphatic heterocycles. The number of aromatic nitrogens is 1. The van der Waals surface area contributed by atoms with E-state index in [1.54, 1.807) is 12.3 Å². The zero-order valence-electron chi connectivity index (χ0n) is 11.5. The van der Waals surface area contributed by atoms with Crippen molar-refractivity contribution in [3.8, 4) is 0 Å². The summed E-state index contributed by atoms with van der Waals surface area (Å²) in [4.78, 5) is 18.1. The van der Waals surface area contributed by atoms with Gasteiger partial charge in [0.25, 0.3) is 5.91 Å². The average Bonchev–Trinajstić information content (AvgIpc) is 2.76. The van der Waals surface area contributed by atoms with Crippen LogP contribution in [0.25, 0.3) is 0 Å². The molecule has 5 heteroatoms. The highest BCUT2D eigenvalue weighted by molar-refractivity contribution is 5.94. The van der Waals surface area contributed by atoms with E-state index in [-0.39, 0.29) is 5.91 Å². The van der Waals surface area contributed by atoms with Gasteiger partial charge in [-0.25, -0.2) is 4.98 Å². The van der Waals surface area contributed by atoms with Gasteiger partial charge in [0.15, 0.2) is 0 Å². The minimum absolute atomic E-state index is 0.0886. The molecule has 104 valence electrons. The molecule has 0 bridgehead atoms. The number of nitrogens with one attached hydrogen (secondary N) is 1. The second-order valence-corrected chi connectivity index (χ2v) is 5.33. The number of aliphatic hydroxyl groups is 1. The van der Waals surface area contributed by atoms with Crippen molar-refractivity contribution in [3.63, 3.8) is 0 Å². The summed E-state index contributed by atoms with van der Waals surface area (Å²) >= 11 is 0. The van der Waals surface area contributed by atoms with E-state index in [0.29, 0.717) is 18.7 Å². The summed E-state index contributed by atoms with van der Waals surface area (Å²) in [7, 11) is 0. The van der Waals surface area contributed by atoms with E-state index in [2.05, 4.69) is 10.3 Å². The van der Waals surface area contributed by atoms with Gasteiger partial charge in [-0.05, 0) is 31.9 Å². The molecule has 1 unspecified atom stereocenters. The van der Waals surface area contributed by atoms with E-state index in [9.17, 15) is 9.90 Å². The summed E-state index contributed by atoms with van der Waals surface area (Å²) < 4.78 is 0. The molecule has 19 heavy (non-hydrogen) atoms. The Morgan fingerprint density at radius 2 is 2.37 bits per heavy atom. The number of anilines is 1. The molecular weight excluding hydrogens is 242 g/mol. The van der Waals surface area contributed by atoms with E-state index in [0.717, 1.165) is 25.2 Å². The third kappa shape index (κ3) is 3.44. The van der Waals surface area contributed by atoms with Gasteiger partial charge in [-0.15, -0.1) is 0 Å². The monoisotopic (exact) mass is 263 g/mol. The smallest absolute Gasteiger partial charge is 0.252 e. The molecule has 2 rings (SSSR count). The molecule has 1 aromatic rings. The zero-order chi connectivity index (χ0) is 13.9. The molecule has 1 amide bonds. The van der Waals surface area contributed by atoms with E-state index in [1.807, 2.05) is 24.8 Å². The maximum absolute atomic E-state index is 11.7. The molecule has 1 atom stereocenters. The molecule has 0 spiro atoms. The van der Waals surface area contributed by atoms with Crippen LogP contribution in [0.15, 0.2) is 18.3 Å². The summed E-state index contributed by atoms with van der Waals surface area (Å²) in [6.07, 6.45) is 3.25. The molecule has 0 saturated carbocycles. The minimum atomic E-state index is -0.640. The van der Waals surface area contributed by atoms with E-state index in [4.69, 9.17) is 0 Å². The van der Waals surface area contributed by atoms with Gasteiger partial charge >= 0.3 is 0 Å². The Bertz CT molecular complexity index is 443. The number of carbonyl (C=O) groups is 1. The number of carbonyl (C=O) groups excluding carboxylic acids is 1. The summed E-state index contributed by atoms with van der Waals surface area (Å²) in [5.41, 5.74) is -0.0677. The largest absolute Gasteiger partial charge is 0.388 e. The van der Waals surface area contributed by atoms with Gasteiger partial charge in [0.1, 0.15) is 5.82 Å². The number of hydrogen-bond donors (Lipinski definition) is 2. The molecule has 0 aromatic carbocycles. The van der Waals surface area contributed by atoms with Crippen LogP contribution in [-0.2, 0) is 0 Å². The van der Waals surface area contributed by atoms with Gasteiger partial charge in [0.2, 0.25) is 0 Å². The van der Waals surface area contributed by atoms with Crippen molar-refractivity contribution in [1.82, 2.24) is 10.3 Å². The lowest BCUT2D eigenvalue weighted by atomic mass is 10.1.